The van der Waals surface area contributed by atoms with Crippen LogP contribution in [0.5, 0.6) is 0 Å². The van der Waals surface area contributed by atoms with Crippen LogP contribution in [0, 0.1) is 0 Å². The molecule has 0 spiro atoms. The summed E-state index contributed by atoms with van der Waals surface area (Å²) in [5.41, 5.74) is 1.87. The molecular formula is C22H26O7. The molecule has 2 aromatic rings. The van der Waals surface area contributed by atoms with Gasteiger partial charge >= 0.3 is 0 Å². The molecule has 0 saturated carbocycles. The van der Waals surface area contributed by atoms with Crippen LogP contribution in [-0.2, 0) is 30.3 Å². The van der Waals surface area contributed by atoms with Gasteiger partial charge in [-0.1, -0.05) is 60.7 Å². The van der Waals surface area contributed by atoms with Crippen molar-refractivity contribution in [3.63, 3.8) is 0 Å². The molecule has 1 unspecified atom stereocenters. The van der Waals surface area contributed by atoms with E-state index in [1.807, 2.05) is 60.7 Å². The van der Waals surface area contributed by atoms with Crippen LogP contribution in [-0.4, -0.2) is 60.7 Å². The summed E-state index contributed by atoms with van der Waals surface area (Å²) in [6.07, 6.45) is -4.10. The van der Waals surface area contributed by atoms with Gasteiger partial charge in [0, 0.05) is 5.56 Å². The molecule has 7 nitrogen and oxygen atoms in total. The van der Waals surface area contributed by atoms with Crippen LogP contribution in [0.1, 0.15) is 17.4 Å². The van der Waals surface area contributed by atoms with Crippen LogP contribution in [0.4, 0.5) is 0 Å². The van der Waals surface area contributed by atoms with Gasteiger partial charge < -0.3 is 33.9 Å². The Labute approximate surface area is 169 Å². The SMILES string of the molecule is OC[C@@H](O)[C@H]1OCO[C@@H]2COC(c3ccccc3)O[C@H]2[C@@H]1OCc1ccccc1. The molecule has 2 aromatic carbocycles. The summed E-state index contributed by atoms with van der Waals surface area (Å²) in [4.78, 5) is 0. The quantitative estimate of drug-likeness (QED) is 0.762. The molecule has 2 aliphatic heterocycles. The van der Waals surface area contributed by atoms with Gasteiger partial charge in [0.2, 0.25) is 0 Å². The molecule has 2 heterocycles. The summed E-state index contributed by atoms with van der Waals surface area (Å²) in [5, 5.41) is 19.9. The molecule has 6 atom stereocenters. The number of aliphatic hydroxyl groups is 2. The zero-order valence-electron chi connectivity index (χ0n) is 16.0. The van der Waals surface area contributed by atoms with Gasteiger partial charge in [-0.2, -0.15) is 0 Å². The standard InChI is InChI=1S/C22H26O7/c23-11-17(24)19-21(25-12-15-7-3-1-4-8-15)20-18(27-14-28-19)13-26-22(29-20)16-9-5-2-6-10-16/h1-10,17-24H,11-14H2/t17-,18-,19-,20-,21-,22?/m1/s1. The van der Waals surface area contributed by atoms with Gasteiger partial charge in [-0.3, -0.25) is 0 Å². The fourth-order valence-electron chi connectivity index (χ4n) is 3.64. The van der Waals surface area contributed by atoms with E-state index in [0.717, 1.165) is 11.1 Å². The molecule has 2 saturated heterocycles. The number of rotatable bonds is 6. The monoisotopic (exact) mass is 402 g/mol. The second-order valence-electron chi connectivity index (χ2n) is 7.14. The Morgan fingerprint density at radius 1 is 0.966 bits per heavy atom. The molecule has 7 heteroatoms. The van der Waals surface area contributed by atoms with E-state index in [4.69, 9.17) is 23.7 Å². The molecule has 0 aliphatic carbocycles. The summed E-state index contributed by atoms with van der Waals surface area (Å²) in [5.74, 6) is 0. The topological polar surface area (TPSA) is 86.6 Å². The third-order valence-corrected chi connectivity index (χ3v) is 5.17. The summed E-state index contributed by atoms with van der Waals surface area (Å²) in [6, 6.07) is 19.4. The smallest absolute Gasteiger partial charge is 0.184 e. The van der Waals surface area contributed by atoms with Crippen LogP contribution in [0.3, 0.4) is 0 Å². The highest BCUT2D eigenvalue weighted by molar-refractivity contribution is 5.17. The van der Waals surface area contributed by atoms with Gasteiger partial charge in [-0.15, -0.1) is 0 Å². The Hall–Kier alpha value is -1.84. The predicted octanol–water partition coefficient (Wildman–Crippen LogP) is 1.78. The zero-order chi connectivity index (χ0) is 20.1. The van der Waals surface area contributed by atoms with E-state index in [1.54, 1.807) is 0 Å². The second kappa shape index (κ2) is 9.77. The molecule has 0 amide bonds. The first-order valence-corrected chi connectivity index (χ1v) is 9.76. The Balaban J connectivity index is 1.57. The lowest BCUT2D eigenvalue weighted by molar-refractivity contribution is -0.285. The molecule has 0 aromatic heterocycles. The van der Waals surface area contributed by atoms with Crippen molar-refractivity contribution in [2.24, 2.45) is 0 Å². The van der Waals surface area contributed by atoms with E-state index in [2.05, 4.69) is 0 Å². The van der Waals surface area contributed by atoms with E-state index in [9.17, 15) is 10.2 Å². The number of fused-ring (bicyclic) bond motifs is 1. The van der Waals surface area contributed by atoms with Crippen molar-refractivity contribution in [1.82, 2.24) is 0 Å². The molecule has 2 N–H and O–H groups in total. The summed E-state index contributed by atoms with van der Waals surface area (Å²) >= 11 is 0. The molecule has 156 valence electrons. The van der Waals surface area contributed by atoms with Crippen molar-refractivity contribution in [2.75, 3.05) is 20.0 Å². The molecule has 29 heavy (non-hydrogen) atoms. The van der Waals surface area contributed by atoms with E-state index in [1.165, 1.54) is 0 Å². The minimum atomic E-state index is -1.13. The van der Waals surface area contributed by atoms with E-state index < -0.39 is 43.4 Å². The Morgan fingerprint density at radius 3 is 2.41 bits per heavy atom. The van der Waals surface area contributed by atoms with Crippen LogP contribution in [0.2, 0.25) is 0 Å². The van der Waals surface area contributed by atoms with Crippen molar-refractivity contribution in [1.29, 1.82) is 0 Å². The second-order valence-corrected chi connectivity index (χ2v) is 7.14. The van der Waals surface area contributed by atoms with Crippen molar-refractivity contribution < 1.29 is 33.9 Å². The number of hydrogen-bond acceptors (Lipinski definition) is 7. The summed E-state index contributed by atoms with van der Waals surface area (Å²) < 4.78 is 29.7. The number of aliphatic hydroxyl groups excluding tert-OH is 2. The number of benzene rings is 2. The van der Waals surface area contributed by atoms with Crippen molar-refractivity contribution in [3.05, 3.63) is 71.8 Å². The van der Waals surface area contributed by atoms with Crippen LogP contribution in [0.15, 0.2) is 60.7 Å². The number of hydrogen-bond donors (Lipinski definition) is 2. The average Bonchev–Trinajstić information content (AvgIpc) is 2.97. The van der Waals surface area contributed by atoms with Crippen molar-refractivity contribution in [2.45, 2.75) is 43.4 Å². The van der Waals surface area contributed by atoms with Gasteiger partial charge in [-0.25, -0.2) is 0 Å². The van der Waals surface area contributed by atoms with Gasteiger partial charge in [0.25, 0.3) is 0 Å². The molecule has 4 rings (SSSR count). The molecule has 2 fully saturated rings. The van der Waals surface area contributed by atoms with Gasteiger partial charge in [0.15, 0.2) is 6.29 Å². The van der Waals surface area contributed by atoms with Crippen molar-refractivity contribution >= 4 is 0 Å². The van der Waals surface area contributed by atoms with Crippen molar-refractivity contribution in [3.8, 4) is 0 Å². The molecule has 0 bridgehead atoms. The fraction of sp³-hybridized carbons (Fsp3) is 0.455. The van der Waals surface area contributed by atoms with Gasteiger partial charge in [0.1, 0.15) is 37.3 Å². The number of ether oxygens (including phenoxy) is 5. The average molecular weight is 402 g/mol. The maximum atomic E-state index is 10.4. The Morgan fingerprint density at radius 2 is 1.69 bits per heavy atom. The zero-order valence-corrected chi connectivity index (χ0v) is 16.0. The minimum absolute atomic E-state index is 0.0448. The molecule has 0 radical (unpaired) electrons. The first-order chi connectivity index (χ1) is 14.3. The highest BCUT2D eigenvalue weighted by atomic mass is 16.8. The lowest BCUT2D eigenvalue weighted by Gasteiger charge is -2.40. The third-order valence-electron chi connectivity index (χ3n) is 5.17. The maximum Gasteiger partial charge on any atom is 0.184 e. The first-order valence-electron chi connectivity index (χ1n) is 9.76. The predicted molar refractivity (Wildman–Crippen MR) is 103 cm³/mol. The highest BCUT2D eigenvalue weighted by Crippen LogP contribution is 2.34. The molecule has 2 aliphatic rings. The van der Waals surface area contributed by atoms with E-state index in [0.29, 0.717) is 13.2 Å². The van der Waals surface area contributed by atoms with Gasteiger partial charge in [0.05, 0.1) is 19.8 Å². The highest BCUT2D eigenvalue weighted by Gasteiger charge is 2.47. The minimum Gasteiger partial charge on any atom is -0.394 e. The summed E-state index contributed by atoms with van der Waals surface area (Å²) in [6.45, 7) is 0.121. The van der Waals surface area contributed by atoms with Crippen LogP contribution < -0.4 is 0 Å². The summed E-state index contributed by atoms with van der Waals surface area (Å²) in [7, 11) is 0. The first kappa shape index (κ1) is 20.4. The maximum absolute atomic E-state index is 10.4. The van der Waals surface area contributed by atoms with Crippen LogP contribution >= 0.6 is 0 Å². The fourth-order valence-corrected chi connectivity index (χ4v) is 3.64. The lowest BCUT2D eigenvalue weighted by Crippen LogP contribution is -2.54. The lowest BCUT2D eigenvalue weighted by atomic mass is 9.98. The van der Waals surface area contributed by atoms with Gasteiger partial charge in [-0.05, 0) is 5.56 Å². The largest absolute Gasteiger partial charge is 0.394 e. The Kier molecular flexibility index (Phi) is 6.89. The Bertz CT molecular complexity index is 741. The molecular weight excluding hydrogens is 376 g/mol. The van der Waals surface area contributed by atoms with Crippen LogP contribution in [0.25, 0.3) is 0 Å². The van der Waals surface area contributed by atoms with E-state index >= 15 is 0 Å². The normalized spacial score (nSPS) is 30.9. The third kappa shape index (κ3) is 4.84. The van der Waals surface area contributed by atoms with E-state index in [-0.39, 0.29) is 6.79 Å².